The molecular weight excluding hydrogens is 346 g/mol. The fraction of sp³-hybridized carbons (Fsp3) is 0.381. The molecule has 0 spiro atoms. The van der Waals surface area contributed by atoms with Crippen molar-refractivity contribution in [1.82, 2.24) is 5.32 Å². The normalized spacial score (nSPS) is 17.3. The Morgan fingerprint density at radius 2 is 1.70 bits per heavy atom. The van der Waals surface area contributed by atoms with Gasteiger partial charge >= 0.3 is 0 Å². The molecule has 0 aliphatic heterocycles. The number of nitrogens with one attached hydrogen (secondary N) is 1. The van der Waals surface area contributed by atoms with Gasteiger partial charge in [-0.2, -0.15) is 0 Å². The van der Waals surface area contributed by atoms with Gasteiger partial charge in [0.15, 0.2) is 17.2 Å². The van der Waals surface area contributed by atoms with E-state index in [1.165, 1.54) is 27.4 Å². The molecule has 1 N–H and O–H groups in total. The summed E-state index contributed by atoms with van der Waals surface area (Å²) in [5, 5.41) is 2.68. The monoisotopic (exact) mass is 374 g/mol. The summed E-state index contributed by atoms with van der Waals surface area (Å²) < 4.78 is 44.9. The summed E-state index contributed by atoms with van der Waals surface area (Å²) in [6, 6.07) is 6.04. The maximum Gasteiger partial charge on any atom is 0.220 e. The lowest BCUT2D eigenvalue weighted by Gasteiger charge is -2.18. The molecule has 27 heavy (non-hydrogen) atoms. The van der Waals surface area contributed by atoms with Crippen molar-refractivity contribution in [2.24, 2.45) is 0 Å². The summed E-state index contributed by atoms with van der Waals surface area (Å²) >= 11 is 0. The number of methoxy groups -OCH3 is 4. The summed E-state index contributed by atoms with van der Waals surface area (Å²) in [6.07, 6.45) is 0.951. The lowest BCUT2D eigenvalue weighted by Crippen LogP contribution is -2.17. The topological polar surface area (TPSA) is 66.0 Å². The van der Waals surface area contributed by atoms with Gasteiger partial charge in [-0.3, -0.25) is 4.79 Å². The molecule has 0 saturated carbocycles. The highest BCUT2D eigenvalue weighted by atomic mass is 16.5. The summed E-state index contributed by atoms with van der Waals surface area (Å²) in [6.45, 7) is -2.38. The van der Waals surface area contributed by atoms with Gasteiger partial charge in [0.05, 0.1) is 28.4 Å². The predicted molar refractivity (Wildman–Crippen MR) is 104 cm³/mol. The number of ether oxygens (including phenoxy) is 4. The fourth-order valence-corrected chi connectivity index (χ4v) is 3.63. The summed E-state index contributed by atoms with van der Waals surface area (Å²) in [5.41, 5.74) is 2.58. The Kier molecular flexibility index (Phi) is 4.48. The standard InChI is InChI=1S/C21H25NO5/c1-22-16-8-6-13-14(11-19(25-3)21(27-5)20(13)26-4)12-7-9-18(24-2)17(23)10-15(12)16/h7,9-11,16,22H,6,8H2,1-5H3/i1D3. The Balaban J connectivity index is 2.38. The van der Waals surface area contributed by atoms with Crippen molar-refractivity contribution in [3.8, 4) is 34.1 Å². The number of hydrogen-bond donors (Lipinski definition) is 1. The van der Waals surface area contributed by atoms with E-state index in [-0.39, 0.29) is 11.2 Å². The van der Waals surface area contributed by atoms with Crippen LogP contribution in [0.4, 0.5) is 0 Å². The molecule has 0 radical (unpaired) electrons. The largest absolute Gasteiger partial charge is 0.493 e. The van der Waals surface area contributed by atoms with E-state index < -0.39 is 13.0 Å². The van der Waals surface area contributed by atoms with Gasteiger partial charge in [-0.15, -0.1) is 0 Å². The SMILES string of the molecule is [2H]C([2H])([2H])NC1CCc2c(cc(OC)c(OC)c2OC)-c2ccc(OC)c(=O)cc21. The first-order chi connectivity index (χ1) is 14.2. The summed E-state index contributed by atoms with van der Waals surface area (Å²) in [5.74, 6) is 1.63. The highest BCUT2D eigenvalue weighted by molar-refractivity contribution is 5.79. The van der Waals surface area contributed by atoms with E-state index in [0.29, 0.717) is 41.2 Å². The Morgan fingerprint density at radius 3 is 2.33 bits per heavy atom. The van der Waals surface area contributed by atoms with Gasteiger partial charge in [-0.1, -0.05) is 6.07 Å². The molecule has 3 rings (SSSR count). The molecule has 1 atom stereocenters. The van der Waals surface area contributed by atoms with E-state index in [1.807, 2.05) is 6.07 Å². The number of hydrogen-bond acceptors (Lipinski definition) is 6. The van der Waals surface area contributed by atoms with Crippen LogP contribution < -0.4 is 29.7 Å². The van der Waals surface area contributed by atoms with E-state index >= 15 is 0 Å². The third-order valence-corrected chi connectivity index (χ3v) is 4.92. The quantitative estimate of drug-likeness (QED) is 0.868. The van der Waals surface area contributed by atoms with Gasteiger partial charge in [0, 0.05) is 15.7 Å². The molecule has 0 aromatic heterocycles. The molecular formula is C21H25NO5. The van der Waals surface area contributed by atoms with Gasteiger partial charge in [-0.25, -0.2) is 0 Å². The second-order valence-electron chi connectivity index (χ2n) is 6.19. The molecule has 0 fully saturated rings. The van der Waals surface area contributed by atoms with Crippen LogP contribution in [0.25, 0.3) is 11.1 Å². The average Bonchev–Trinajstić information content (AvgIpc) is 2.94. The van der Waals surface area contributed by atoms with Crippen LogP contribution in [0.2, 0.25) is 0 Å². The van der Waals surface area contributed by atoms with Crippen molar-refractivity contribution in [2.75, 3.05) is 35.4 Å². The maximum atomic E-state index is 12.6. The molecule has 1 aliphatic carbocycles. The lowest BCUT2D eigenvalue weighted by molar-refractivity contribution is 0.322. The van der Waals surface area contributed by atoms with Crippen LogP contribution in [-0.2, 0) is 6.42 Å². The summed E-state index contributed by atoms with van der Waals surface area (Å²) in [7, 11) is 6.03. The van der Waals surface area contributed by atoms with Gasteiger partial charge < -0.3 is 24.3 Å². The van der Waals surface area contributed by atoms with Crippen molar-refractivity contribution in [3.63, 3.8) is 0 Å². The zero-order chi connectivity index (χ0) is 22.1. The predicted octanol–water partition coefficient (Wildman–Crippen LogP) is 2.95. The molecule has 0 bridgehead atoms. The van der Waals surface area contributed by atoms with Gasteiger partial charge in [-0.05, 0) is 54.7 Å². The van der Waals surface area contributed by atoms with Crippen LogP contribution in [0, 0.1) is 0 Å². The summed E-state index contributed by atoms with van der Waals surface area (Å²) in [4.78, 5) is 12.6. The second-order valence-corrected chi connectivity index (χ2v) is 6.19. The first-order valence-corrected chi connectivity index (χ1v) is 8.56. The van der Waals surface area contributed by atoms with Gasteiger partial charge in [0.1, 0.15) is 0 Å². The molecule has 1 aliphatic rings. The molecule has 0 heterocycles. The van der Waals surface area contributed by atoms with Crippen LogP contribution in [-0.4, -0.2) is 35.4 Å². The first kappa shape index (κ1) is 15.3. The maximum absolute atomic E-state index is 12.6. The molecule has 0 saturated heterocycles. The Morgan fingerprint density at radius 1 is 0.963 bits per heavy atom. The van der Waals surface area contributed by atoms with Crippen molar-refractivity contribution in [3.05, 3.63) is 45.6 Å². The van der Waals surface area contributed by atoms with Crippen LogP contribution >= 0.6 is 0 Å². The van der Waals surface area contributed by atoms with Crippen LogP contribution in [0.15, 0.2) is 29.1 Å². The molecule has 2 aromatic carbocycles. The van der Waals surface area contributed by atoms with Crippen molar-refractivity contribution in [2.45, 2.75) is 18.9 Å². The zero-order valence-electron chi connectivity index (χ0n) is 18.8. The smallest absolute Gasteiger partial charge is 0.220 e. The molecule has 1 unspecified atom stereocenters. The highest BCUT2D eigenvalue weighted by Gasteiger charge is 2.27. The number of rotatable bonds is 5. The first-order valence-electron chi connectivity index (χ1n) is 10.1. The van der Waals surface area contributed by atoms with Gasteiger partial charge in [0.25, 0.3) is 0 Å². The third-order valence-electron chi connectivity index (χ3n) is 4.92. The Labute approximate surface area is 163 Å². The van der Waals surface area contributed by atoms with Gasteiger partial charge in [0.2, 0.25) is 11.2 Å². The number of fused-ring (bicyclic) bond motifs is 3. The van der Waals surface area contributed by atoms with Crippen LogP contribution in [0.5, 0.6) is 23.0 Å². The molecule has 144 valence electrons. The van der Waals surface area contributed by atoms with E-state index in [2.05, 4.69) is 5.32 Å². The Hall–Kier alpha value is -2.73. The zero-order valence-corrected chi connectivity index (χ0v) is 15.8. The lowest BCUT2D eigenvalue weighted by atomic mass is 9.96. The van der Waals surface area contributed by atoms with Crippen molar-refractivity contribution in [1.29, 1.82) is 0 Å². The molecule has 2 aromatic rings. The second kappa shape index (κ2) is 7.88. The molecule has 6 nitrogen and oxygen atoms in total. The highest BCUT2D eigenvalue weighted by Crippen LogP contribution is 2.48. The fourth-order valence-electron chi connectivity index (χ4n) is 3.63. The van der Waals surface area contributed by atoms with E-state index in [9.17, 15) is 4.79 Å². The number of benzene rings is 1. The molecule has 0 amide bonds. The Bertz CT molecular complexity index is 1010. The third kappa shape index (κ3) is 3.21. The van der Waals surface area contributed by atoms with E-state index in [0.717, 1.165) is 11.1 Å². The minimum Gasteiger partial charge on any atom is -0.493 e. The van der Waals surface area contributed by atoms with Crippen LogP contribution in [0.3, 0.4) is 0 Å². The minimum atomic E-state index is -2.38. The molecule has 6 heteroatoms. The average molecular weight is 374 g/mol. The van der Waals surface area contributed by atoms with Crippen molar-refractivity contribution < 1.29 is 23.1 Å². The van der Waals surface area contributed by atoms with Crippen molar-refractivity contribution >= 4 is 0 Å². The van der Waals surface area contributed by atoms with E-state index in [4.69, 9.17) is 23.1 Å². The minimum absolute atomic E-state index is 0.171. The van der Waals surface area contributed by atoms with E-state index in [1.54, 1.807) is 19.2 Å². The van der Waals surface area contributed by atoms with Crippen LogP contribution in [0.1, 0.15) is 27.7 Å².